The fourth-order valence-electron chi connectivity index (χ4n) is 4.28. The Morgan fingerprint density at radius 3 is 2.13 bits per heavy atom. The van der Waals surface area contributed by atoms with Crippen LogP contribution in [0.15, 0.2) is 12.1 Å². The molecule has 1 amide bonds. The molecule has 2 aliphatic rings. The van der Waals surface area contributed by atoms with Crippen LogP contribution in [0.25, 0.3) is 0 Å². The number of benzene rings is 1. The third kappa shape index (κ3) is 5.20. The van der Waals surface area contributed by atoms with Crippen LogP contribution in [0, 0.1) is 0 Å². The fraction of sp³-hybridized carbons (Fsp3) is 0.708. The molecule has 2 N–H and O–H groups in total. The van der Waals surface area contributed by atoms with Gasteiger partial charge in [-0.1, -0.05) is 41.5 Å². The van der Waals surface area contributed by atoms with Crippen LogP contribution >= 0.6 is 0 Å². The van der Waals surface area contributed by atoms with Gasteiger partial charge in [0.25, 0.3) is 0 Å². The van der Waals surface area contributed by atoms with Gasteiger partial charge in [0.15, 0.2) is 0 Å². The monoisotopic (exact) mass is 418 g/mol. The maximum Gasteiger partial charge on any atom is 0.407 e. The van der Waals surface area contributed by atoms with Crippen molar-refractivity contribution in [2.24, 2.45) is 0 Å². The van der Waals surface area contributed by atoms with Crippen LogP contribution in [0.5, 0.6) is 11.5 Å². The molecule has 0 atom stereocenters. The Hall–Kier alpha value is -1.95. The molecule has 0 saturated carbocycles. The van der Waals surface area contributed by atoms with Crippen molar-refractivity contribution in [3.8, 4) is 11.5 Å². The van der Waals surface area contributed by atoms with E-state index in [1.807, 2.05) is 12.1 Å². The van der Waals surface area contributed by atoms with Gasteiger partial charge >= 0.3 is 6.09 Å². The molecule has 168 valence electrons. The van der Waals surface area contributed by atoms with Crippen LogP contribution in [-0.4, -0.2) is 54.5 Å². The zero-order chi connectivity index (χ0) is 22.2. The number of nitrogens with one attached hydrogen (secondary N) is 1. The Labute approximate surface area is 180 Å². The lowest BCUT2D eigenvalue weighted by Crippen LogP contribution is -2.46. The second kappa shape index (κ2) is 8.29. The molecule has 2 fully saturated rings. The molecule has 0 unspecified atom stereocenters. The number of rotatable bonds is 5. The van der Waals surface area contributed by atoms with Gasteiger partial charge in [-0.3, -0.25) is 0 Å². The number of carbonyl (C=O) groups excluding carboxylic acids is 1. The third-order valence-electron chi connectivity index (χ3n) is 6.22. The lowest BCUT2D eigenvalue weighted by Gasteiger charge is -2.37. The Morgan fingerprint density at radius 2 is 1.67 bits per heavy atom. The largest absolute Gasteiger partial charge is 0.507 e. The number of likely N-dealkylation sites (tertiary alicyclic amines) is 1. The van der Waals surface area contributed by atoms with Crippen molar-refractivity contribution >= 4 is 6.09 Å². The molecule has 6 nitrogen and oxygen atoms in total. The van der Waals surface area contributed by atoms with E-state index >= 15 is 0 Å². The van der Waals surface area contributed by atoms with Gasteiger partial charge < -0.3 is 24.8 Å². The number of alkyl carbamates (subject to hydrolysis) is 1. The summed E-state index contributed by atoms with van der Waals surface area (Å²) in [5.41, 5.74) is 1.23. The van der Waals surface area contributed by atoms with Crippen LogP contribution in [0.2, 0.25) is 0 Å². The zero-order valence-electron chi connectivity index (χ0n) is 19.4. The van der Waals surface area contributed by atoms with Crippen LogP contribution in [0.3, 0.4) is 0 Å². The first-order chi connectivity index (χ1) is 13.9. The summed E-state index contributed by atoms with van der Waals surface area (Å²) in [6.07, 6.45) is 2.42. The minimum atomic E-state index is -0.289. The summed E-state index contributed by atoms with van der Waals surface area (Å²) in [5, 5.41) is 13.6. The lowest BCUT2D eigenvalue weighted by atomic mass is 9.79. The molecule has 1 aromatic rings. The molecular formula is C24H38N2O4. The number of nitrogens with zero attached hydrogens (tertiary/aromatic N) is 1. The van der Waals surface area contributed by atoms with E-state index in [0.717, 1.165) is 55.8 Å². The molecule has 30 heavy (non-hydrogen) atoms. The number of piperidine rings is 1. The van der Waals surface area contributed by atoms with Crippen molar-refractivity contribution in [2.75, 3.05) is 32.8 Å². The highest BCUT2D eigenvalue weighted by Crippen LogP contribution is 2.41. The molecule has 2 heterocycles. The van der Waals surface area contributed by atoms with Gasteiger partial charge in [0.05, 0.1) is 13.2 Å². The van der Waals surface area contributed by atoms with Crippen molar-refractivity contribution in [3.63, 3.8) is 0 Å². The molecule has 1 aromatic carbocycles. The highest BCUT2D eigenvalue weighted by atomic mass is 16.6. The summed E-state index contributed by atoms with van der Waals surface area (Å²) in [6.45, 7) is 16.8. The molecule has 0 bridgehead atoms. The number of ether oxygens (including phenoxy) is 2. The van der Waals surface area contributed by atoms with Gasteiger partial charge in [-0.2, -0.15) is 0 Å². The maximum atomic E-state index is 11.4. The predicted molar refractivity (Wildman–Crippen MR) is 119 cm³/mol. The third-order valence-corrected chi connectivity index (χ3v) is 6.22. The molecule has 0 radical (unpaired) electrons. The van der Waals surface area contributed by atoms with E-state index in [4.69, 9.17) is 9.47 Å². The average molecular weight is 419 g/mol. The number of aromatic hydroxyl groups is 1. The first-order valence-corrected chi connectivity index (χ1v) is 11.1. The van der Waals surface area contributed by atoms with E-state index in [-0.39, 0.29) is 22.5 Å². The predicted octanol–water partition coefficient (Wildman–Crippen LogP) is 4.33. The van der Waals surface area contributed by atoms with Crippen LogP contribution in [-0.2, 0) is 15.6 Å². The quantitative estimate of drug-likeness (QED) is 0.697. The van der Waals surface area contributed by atoms with E-state index < -0.39 is 0 Å². The Balaban J connectivity index is 1.54. The number of amides is 1. The normalized spacial score (nSPS) is 19.6. The Morgan fingerprint density at radius 1 is 1.10 bits per heavy atom. The maximum absolute atomic E-state index is 11.4. The van der Waals surface area contributed by atoms with Gasteiger partial charge in [-0.15, -0.1) is 0 Å². The smallest absolute Gasteiger partial charge is 0.407 e. The second-order valence-corrected chi connectivity index (χ2v) is 10.8. The van der Waals surface area contributed by atoms with Crippen molar-refractivity contribution in [2.45, 2.75) is 77.2 Å². The van der Waals surface area contributed by atoms with Crippen molar-refractivity contribution in [1.29, 1.82) is 0 Å². The molecular weight excluding hydrogens is 380 g/mol. The second-order valence-electron chi connectivity index (χ2n) is 10.8. The van der Waals surface area contributed by atoms with E-state index in [2.05, 4.69) is 51.8 Å². The van der Waals surface area contributed by atoms with Crippen LogP contribution < -0.4 is 10.1 Å². The molecule has 1 spiro atoms. The zero-order valence-corrected chi connectivity index (χ0v) is 19.4. The Kier molecular flexibility index (Phi) is 6.28. The minimum Gasteiger partial charge on any atom is -0.507 e. The van der Waals surface area contributed by atoms with E-state index in [9.17, 15) is 9.90 Å². The summed E-state index contributed by atoms with van der Waals surface area (Å²) in [6, 6.07) is 3.97. The molecule has 0 aliphatic carbocycles. The topological polar surface area (TPSA) is 71.0 Å². The van der Waals surface area contributed by atoms with Gasteiger partial charge in [-0.25, -0.2) is 4.79 Å². The van der Waals surface area contributed by atoms with Gasteiger partial charge in [0.2, 0.25) is 0 Å². The molecule has 6 heteroatoms. The van der Waals surface area contributed by atoms with Crippen molar-refractivity contribution < 1.29 is 19.4 Å². The lowest BCUT2D eigenvalue weighted by molar-refractivity contribution is 0.000142. The summed E-state index contributed by atoms with van der Waals surface area (Å²) < 4.78 is 11.6. The number of phenols is 1. The van der Waals surface area contributed by atoms with Gasteiger partial charge in [0.1, 0.15) is 17.1 Å². The fourth-order valence-corrected chi connectivity index (χ4v) is 4.28. The van der Waals surface area contributed by atoms with Gasteiger partial charge in [0, 0.05) is 43.6 Å². The summed E-state index contributed by atoms with van der Waals surface area (Å²) >= 11 is 0. The standard InChI is InChI=1S/C24H38N2O4/c1-22(2,3)18-14-17(15-19(20(18)27)23(4,5)6)29-13-7-10-26-11-8-24(9-12-26)16-25-21(28)30-24/h14-15,27H,7-13,16H2,1-6H3,(H,25,28). The summed E-state index contributed by atoms with van der Waals surface area (Å²) in [7, 11) is 0. The van der Waals surface area contributed by atoms with Crippen molar-refractivity contribution in [1.82, 2.24) is 10.2 Å². The summed E-state index contributed by atoms with van der Waals surface area (Å²) in [4.78, 5) is 13.8. The van der Waals surface area contributed by atoms with E-state index in [1.54, 1.807) is 0 Å². The van der Waals surface area contributed by atoms with Crippen LogP contribution in [0.4, 0.5) is 4.79 Å². The van der Waals surface area contributed by atoms with Gasteiger partial charge in [-0.05, 0) is 29.4 Å². The SMILES string of the molecule is CC(C)(C)c1cc(OCCCN2CCC3(CC2)CNC(=O)O3)cc(C(C)(C)C)c1O. The number of hydrogen-bond acceptors (Lipinski definition) is 5. The van der Waals surface area contributed by atoms with Crippen LogP contribution in [0.1, 0.15) is 71.9 Å². The molecule has 3 rings (SSSR count). The molecule has 2 saturated heterocycles. The summed E-state index contributed by atoms with van der Waals surface area (Å²) in [5.74, 6) is 1.20. The Bertz CT molecular complexity index is 733. The highest BCUT2D eigenvalue weighted by Gasteiger charge is 2.42. The number of phenolic OH excluding ortho intramolecular Hbond substituents is 1. The van der Waals surface area contributed by atoms with Crippen molar-refractivity contribution in [3.05, 3.63) is 23.3 Å². The minimum absolute atomic E-state index is 0.161. The first kappa shape index (κ1) is 22.7. The molecule has 0 aromatic heterocycles. The number of hydrogen-bond donors (Lipinski definition) is 2. The van der Waals surface area contributed by atoms with E-state index in [0.29, 0.717) is 18.9 Å². The number of carbonyl (C=O) groups is 1. The average Bonchev–Trinajstić information content (AvgIpc) is 3.00. The first-order valence-electron chi connectivity index (χ1n) is 11.1. The highest BCUT2D eigenvalue weighted by molar-refractivity contribution is 5.70. The molecule has 2 aliphatic heterocycles. The van der Waals surface area contributed by atoms with E-state index in [1.165, 1.54) is 0 Å².